The molecular formula is C18H23N3O3S. The summed E-state index contributed by atoms with van der Waals surface area (Å²) >= 11 is 5.26. The molecule has 0 saturated carbocycles. The molecule has 0 atom stereocenters. The second-order valence-electron chi connectivity index (χ2n) is 5.60. The van der Waals surface area contributed by atoms with Gasteiger partial charge in [0.1, 0.15) is 12.2 Å². The van der Waals surface area contributed by atoms with Crippen LogP contribution < -0.4 is 4.90 Å². The molecule has 0 N–H and O–H groups in total. The first-order valence-electron chi connectivity index (χ1n) is 8.16. The van der Waals surface area contributed by atoms with Gasteiger partial charge in [-0.3, -0.25) is 14.5 Å². The summed E-state index contributed by atoms with van der Waals surface area (Å²) in [4.78, 5) is 29.2. The van der Waals surface area contributed by atoms with Gasteiger partial charge in [-0.15, -0.1) is 0 Å². The Kier molecular flexibility index (Phi) is 6.14. The van der Waals surface area contributed by atoms with Crippen LogP contribution in [0.1, 0.15) is 19.4 Å². The minimum Gasteiger partial charge on any atom is -0.468 e. The Bertz CT molecular complexity index is 696. The molecule has 1 amide bonds. The number of benzene rings is 1. The number of amides is 1. The van der Waals surface area contributed by atoms with Gasteiger partial charge in [-0.2, -0.15) is 0 Å². The molecule has 2 rings (SSSR count). The SMILES string of the molecule is CCN(CC)c1ccc(/C=C2/C(=O)N(C)C(=S)N2CC(=O)OC)cc1. The van der Waals surface area contributed by atoms with E-state index in [1.54, 1.807) is 13.1 Å². The van der Waals surface area contributed by atoms with Gasteiger partial charge in [-0.05, 0) is 49.8 Å². The van der Waals surface area contributed by atoms with Crippen molar-refractivity contribution in [3.05, 3.63) is 35.5 Å². The zero-order valence-corrected chi connectivity index (χ0v) is 15.8. The number of hydrogen-bond acceptors (Lipinski definition) is 5. The van der Waals surface area contributed by atoms with E-state index in [2.05, 4.69) is 18.7 Å². The molecule has 1 heterocycles. The molecule has 1 aliphatic heterocycles. The summed E-state index contributed by atoms with van der Waals surface area (Å²) in [7, 11) is 2.90. The normalized spacial score (nSPS) is 15.9. The molecule has 0 aromatic heterocycles. The largest absolute Gasteiger partial charge is 0.468 e. The molecule has 25 heavy (non-hydrogen) atoms. The van der Waals surface area contributed by atoms with Crippen LogP contribution in [0.3, 0.4) is 0 Å². The molecule has 1 fully saturated rings. The summed E-state index contributed by atoms with van der Waals surface area (Å²) in [5.41, 5.74) is 2.37. The van der Waals surface area contributed by atoms with Crippen molar-refractivity contribution in [2.24, 2.45) is 0 Å². The quantitative estimate of drug-likeness (QED) is 0.439. The van der Waals surface area contributed by atoms with Crippen molar-refractivity contribution in [2.75, 3.05) is 38.7 Å². The first kappa shape index (κ1) is 18.9. The van der Waals surface area contributed by atoms with Crippen molar-refractivity contribution in [2.45, 2.75) is 13.8 Å². The summed E-state index contributed by atoms with van der Waals surface area (Å²) < 4.78 is 4.69. The van der Waals surface area contributed by atoms with Gasteiger partial charge in [0, 0.05) is 25.8 Å². The Balaban J connectivity index is 2.31. The number of carbonyl (C=O) groups excluding carboxylic acids is 2. The maximum absolute atomic E-state index is 12.4. The van der Waals surface area contributed by atoms with Gasteiger partial charge in [0.15, 0.2) is 5.11 Å². The molecule has 1 aromatic carbocycles. The molecule has 0 radical (unpaired) electrons. The zero-order chi connectivity index (χ0) is 18.6. The van der Waals surface area contributed by atoms with E-state index in [1.165, 1.54) is 16.9 Å². The van der Waals surface area contributed by atoms with E-state index in [0.29, 0.717) is 10.8 Å². The van der Waals surface area contributed by atoms with Crippen molar-refractivity contribution in [3.63, 3.8) is 0 Å². The minimum absolute atomic E-state index is 0.0885. The van der Waals surface area contributed by atoms with Crippen LogP contribution in [0.5, 0.6) is 0 Å². The standard InChI is InChI=1S/C18H23N3O3S/c1-5-20(6-2)14-9-7-13(8-10-14)11-15-17(23)19(3)18(25)21(15)12-16(22)24-4/h7-11H,5-6,12H2,1-4H3/b15-11-. The number of likely N-dealkylation sites (N-methyl/N-ethyl adjacent to an activating group) is 1. The van der Waals surface area contributed by atoms with Gasteiger partial charge >= 0.3 is 5.97 Å². The summed E-state index contributed by atoms with van der Waals surface area (Å²) in [5, 5.41) is 0.293. The Morgan fingerprint density at radius 3 is 2.36 bits per heavy atom. The van der Waals surface area contributed by atoms with Crippen LogP contribution in [-0.2, 0) is 14.3 Å². The van der Waals surface area contributed by atoms with Crippen LogP contribution in [0, 0.1) is 0 Å². The predicted octanol–water partition coefficient (Wildman–Crippen LogP) is 2.11. The molecule has 1 saturated heterocycles. The summed E-state index contributed by atoms with van der Waals surface area (Å²) in [5.74, 6) is -0.685. The van der Waals surface area contributed by atoms with E-state index < -0.39 is 5.97 Å². The maximum atomic E-state index is 12.4. The zero-order valence-electron chi connectivity index (χ0n) is 15.0. The van der Waals surface area contributed by atoms with Crippen LogP contribution in [0.2, 0.25) is 0 Å². The first-order valence-corrected chi connectivity index (χ1v) is 8.56. The molecule has 1 aliphatic rings. The number of anilines is 1. The first-order chi connectivity index (χ1) is 11.9. The summed E-state index contributed by atoms with van der Waals surface area (Å²) in [6, 6.07) is 7.94. The number of nitrogens with zero attached hydrogens (tertiary/aromatic N) is 3. The van der Waals surface area contributed by atoms with Crippen LogP contribution in [0.4, 0.5) is 5.69 Å². The van der Waals surface area contributed by atoms with Crippen molar-refractivity contribution in [3.8, 4) is 0 Å². The topological polar surface area (TPSA) is 53.1 Å². The number of thiocarbonyl (C=S) groups is 1. The van der Waals surface area contributed by atoms with E-state index in [-0.39, 0.29) is 12.5 Å². The maximum Gasteiger partial charge on any atom is 0.325 e. The number of carbonyl (C=O) groups is 2. The second-order valence-corrected chi connectivity index (χ2v) is 5.97. The van der Waals surface area contributed by atoms with Gasteiger partial charge in [0.05, 0.1) is 7.11 Å². The van der Waals surface area contributed by atoms with Gasteiger partial charge in [-0.25, -0.2) is 0 Å². The van der Waals surface area contributed by atoms with E-state index in [1.807, 2.05) is 24.3 Å². The van der Waals surface area contributed by atoms with Gasteiger partial charge < -0.3 is 14.5 Å². The third kappa shape index (κ3) is 3.99. The highest BCUT2D eigenvalue weighted by atomic mass is 32.1. The van der Waals surface area contributed by atoms with E-state index in [0.717, 1.165) is 24.3 Å². The molecular weight excluding hydrogens is 338 g/mol. The number of hydrogen-bond donors (Lipinski definition) is 0. The second kappa shape index (κ2) is 8.11. The fourth-order valence-electron chi connectivity index (χ4n) is 2.67. The Morgan fingerprint density at radius 1 is 1.24 bits per heavy atom. The van der Waals surface area contributed by atoms with E-state index in [4.69, 9.17) is 17.0 Å². The van der Waals surface area contributed by atoms with Gasteiger partial charge in [0.2, 0.25) is 0 Å². The van der Waals surface area contributed by atoms with Gasteiger partial charge in [-0.1, -0.05) is 12.1 Å². The molecule has 134 valence electrons. The van der Waals surface area contributed by atoms with Crippen LogP contribution >= 0.6 is 12.2 Å². The molecule has 0 spiro atoms. The van der Waals surface area contributed by atoms with Crippen LogP contribution in [-0.4, -0.2) is 60.6 Å². The number of ether oxygens (including phenoxy) is 1. The van der Waals surface area contributed by atoms with Crippen molar-refractivity contribution in [1.82, 2.24) is 9.80 Å². The van der Waals surface area contributed by atoms with Crippen molar-refractivity contribution < 1.29 is 14.3 Å². The fourth-order valence-corrected chi connectivity index (χ4v) is 2.92. The van der Waals surface area contributed by atoms with Crippen LogP contribution in [0.25, 0.3) is 6.08 Å². The van der Waals surface area contributed by atoms with Crippen molar-refractivity contribution in [1.29, 1.82) is 0 Å². The molecule has 1 aromatic rings. The highest BCUT2D eigenvalue weighted by Crippen LogP contribution is 2.23. The average Bonchev–Trinajstić information content (AvgIpc) is 2.82. The summed E-state index contributed by atoms with van der Waals surface area (Å²) in [6.07, 6.45) is 1.74. The monoisotopic (exact) mass is 361 g/mol. The number of esters is 1. The third-order valence-corrected chi connectivity index (χ3v) is 4.67. The lowest BCUT2D eigenvalue weighted by Gasteiger charge is -2.21. The number of rotatable bonds is 6. The Morgan fingerprint density at radius 2 is 1.84 bits per heavy atom. The van der Waals surface area contributed by atoms with Crippen molar-refractivity contribution >= 4 is 41.0 Å². The van der Waals surface area contributed by atoms with Crippen LogP contribution in [0.15, 0.2) is 30.0 Å². The molecule has 6 nitrogen and oxygen atoms in total. The lowest BCUT2D eigenvalue weighted by atomic mass is 10.1. The van der Waals surface area contributed by atoms with E-state index >= 15 is 0 Å². The third-order valence-electron chi connectivity index (χ3n) is 4.17. The minimum atomic E-state index is -0.451. The predicted molar refractivity (Wildman–Crippen MR) is 102 cm³/mol. The number of methoxy groups -OCH3 is 1. The highest BCUT2D eigenvalue weighted by Gasteiger charge is 2.36. The Labute approximate surface area is 153 Å². The lowest BCUT2D eigenvalue weighted by molar-refractivity contribution is -0.140. The van der Waals surface area contributed by atoms with Gasteiger partial charge in [0.25, 0.3) is 5.91 Å². The van der Waals surface area contributed by atoms with E-state index in [9.17, 15) is 9.59 Å². The lowest BCUT2D eigenvalue weighted by Crippen LogP contribution is -2.33. The molecule has 0 aliphatic carbocycles. The smallest absolute Gasteiger partial charge is 0.325 e. The Hall–Kier alpha value is -2.41. The molecule has 0 unspecified atom stereocenters. The summed E-state index contributed by atoms with van der Waals surface area (Å²) in [6.45, 7) is 5.99. The average molecular weight is 361 g/mol. The highest BCUT2D eigenvalue weighted by molar-refractivity contribution is 7.80. The molecule has 7 heteroatoms. The molecule has 0 bridgehead atoms. The fraction of sp³-hybridized carbons (Fsp3) is 0.389.